The summed E-state index contributed by atoms with van der Waals surface area (Å²) >= 11 is 0. The molecule has 3 aromatic rings. The van der Waals surface area contributed by atoms with Crippen LogP contribution in [0.1, 0.15) is 103 Å². The number of hydrogen-bond acceptors (Lipinski definition) is 12. The van der Waals surface area contributed by atoms with Crippen LogP contribution in [0.5, 0.6) is 23.0 Å². The number of benzene rings is 3. The van der Waals surface area contributed by atoms with Gasteiger partial charge in [0.2, 0.25) is 0 Å². The lowest BCUT2D eigenvalue weighted by Crippen LogP contribution is -2.16. The molecule has 0 aliphatic heterocycles. The van der Waals surface area contributed by atoms with Gasteiger partial charge in [0.05, 0.1) is 44.2 Å². The molecule has 0 bridgehead atoms. The van der Waals surface area contributed by atoms with Crippen molar-refractivity contribution in [1.29, 1.82) is 0 Å². The Balaban J connectivity index is 1.54. The van der Waals surface area contributed by atoms with Gasteiger partial charge in [0.1, 0.15) is 28.6 Å². The summed E-state index contributed by atoms with van der Waals surface area (Å²) in [6.45, 7) is 12.5. The second-order valence-electron chi connectivity index (χ2n) is 12.9. The predicted octanol–water partition coefficient (Wildman–Crippen LogP) is 8.66. The van der Waals surface area contributed by atoms with Crippen LogP contribution in [0, 0.1) is 5.92 Å². The van der Waals surface area contributed by atoms with Gasteiger partial charge in [-0.15, -0.1) is 0 Å². The molecule has 0 saturated carbocycles. The van der Waals surface area contributed by atoms with E-state index in [1.807, 2.05) is 13.8 Å². The topological polar surface area (TPSA) is 150 Å². The molecule has 0 saturated heterocycles. The Hall–Kier alpha value is -5.91. The smallest absolute Gasteiger partial charge is 0.343 e. The fourth-order valence-electron chi connectivity index (χ4n) is 4.89. The van der Waals surface area contributed by atoms with Crippen molar-refractivity contribution in [3.05, 3.63) is 109 Å². The van der Waals surface area contributed by atoms with Gasteiger partial charge in [-0.05, 0) is 124 Å². The number of carbonyl (C=O) groups excluding carboxylic acids is 5. The Morgan fingerprint density at radius 3 is 1.46 bits per heavy atom. The largest absolute Gasteiger partial charge is 0.494 e. The summed E-state index contributed by atoms with van der Waals surface area (Å²) in [6, 6.07) is 17.1. The number of carbonyl (C=O) groups is 5. The van der Waals surface area contributed by atoms with Crippen LogP contribution < -0.4 is 18.9 Å². The molecular weight excluding hydrogens is 720 g/mol. The molecule has 0 fully saturated rings. The summed E-state index contributed by atoms with van der Waals surface area (Å²) in [4.78, 5) is 61.5. The van der Waals surface area contributed by atoms with Gasteiger partial charge in [0.15, 0.2) is 0 Å². The molecule has 1 atom stereocenters. The summed E-state index contributed by atoms with van der Waals surface area (Å²) in [5, 5.41) is 0. The Bertz CT molecular complexity index is 1730. The molecule has 0 radical (unpaired) electrons. The highest BCUT2D eigenvalue weighted by Crippen LogP contribution is 2.28. The van der Waals surface area contributed by atoms with Crippen LogP contribution in [0.25, 0.3) is 0 Å². The maximum absolute atomic E-state index is 13.2. The van der Waals surface area contributed by atoms with Gasteiger partial charge >= 0.3 is 29.8 Å². The van der Waals surface area contributed by atoms with Crippen LogP contribution in [0.4, 0.5) is 0 Å². The Kier molecular flexibility index (Phi) is 20.0. The fraction of sp³-hybridized carbons (Fsp3) is 0.386. The van der Waals surface area contributed by atoms with Gasteiger partial charge in [-0.3, -0.25) is 0 Å². The molecule has 1 unspecified atom stereocenters. The first-order valence-electron chi connectivity index (χ1n) is 18.9. The van der Waals surface area contributed by atoms with Crippen molar-refractivity contribution in [3.63, 3.8) is 0 Å². The first-order valence-corrected chi connectivity index (χ1v) is 18.9. The van der Waals surface area contributed by atoms with Crippen LogP contribution in [0.15, 0.2) is 92.0 Å². The van der Waals surface area contributed by atoms with E-state index in [9.17, 15) is 24.0 Å². The standard InChI is InChI=1S/C44H52O12/c1-5-32(4)31-54-44(49)38-30-37(55-42(47)33-16-20-35(21-17-33)50-26-12-8-10-14-28-52-40(45)6-2)24-25-39(38)56-43(48)34-18-22-36(23-19-34)51-27-13-9-11-15-29-53-41(46)7-3/h6-7,16-25,30,32H,2-3,5,8-15,26-29,31H2,1,4H3. The quantitative estimate of drug-likeness (QED) is 0.0253. The lowest BCUT2D eigenvalue weighted by atomic mass is 10.1. The van der Waals surface area contributed by atoms with E-state index in [2.05, 4.69) is 13.2 Å². The average molecular weight is 773 g/mol. The van der Waals surface area contributed by atoms with Gasteiger partial charge in [0.25, 0.3) is 0 Å². The second kappa shape index (κ2) is 25.2. The third-order valence-corrected chi connectivity index (χ3v) is 8.40. The molecule has 0 aromatic heterocycles. The molecule has 0 aliphatic rings. The van der Waals surface area contributed by atoms with Crippen molar-refractivity contribution in [2.45, 2.75) is 71.6 Å². The first-order chi connectivity index (χ1) is 27.1. The monoisotopic (exact) mass is 772 g/mol. The molecular formula is C44H52O12. The van der Waals surface area contributed by atoms with Crippen molar-refractivity contribution in [1.82, 2.24) is 0 Å². The van der Waals surface area contributed by atoms with E-state index in [4.69, 9.17) is 33.2 Å². The van der Waals surface area contributed by atoms with Gasteiger partial charge in [-0.25, -0.2) is 24.0 Å². The van der Waals surface area contributed by atoms with Crippen molar-refractivity contribution >= 4 is 29.8 Å². The van der Waals surface area contributed by atoms with Gasteiger partial charge in [-0.2, -0.15) is 0 Å². The molecule has 0 heterocycles. The molecule has 56 heavy (non-hydrogen) atoms. The van der Waals surface area contributed by atoms with Crippen molar-refractivity contribution in [2.75, 3.05) is 33.0 Å². The summed E-state index contributed by atoms with van der Waals surface area (Å²) in [5.41, 5.74) is 0.420. The normalized spacial score (nSPS) is 11.0. The van der Waals surface area contributed by atoms with E-state index in [0.29, 0.717) is 37.9 Å². The highest BCUT2D eigenvalue weighted by molar-refractivity contribution is 5.97. The predicted molar refractivity (Wildman–Crippen MR) is 209 cm³/mol. The number of unbranched alkanes of at least 4 members (excludes halogenated alkanes) is 6. The average Bonchev–Trinajstić information content (AvgIpc) is 3.22. The highest BCUT2D eigenvalue weighted by atomic mass is 16.6. The SMILES string of the molecule is C=CC(=O)OCCCCCCOc1ccc(C(=O)Oc2ccc(OC(=O)c3ccc(OCCCCCCOC(=O)C=C)cc3)c(C(=O)OCC(C)CC)c2)cc1. The van der Waals surface area contributed by atoms with Crippen molar-refractivity contribution < 1.29 is 57.1 Å². The van der Waals surface area contributed by atoms with E-state index < -0.39 is 29.8 Å². The molecule has 3 rings (SSSR count). The Morgan fingerprint density at radius 2 is 1.00 bits per heavy atom. The minimum absolute atomic E-state index is 0.0545. The zero-order valence-corrected chi connectivity index (χ0v) is 32.3. The van der Waals surface area contributed by atoms with Crippen LogP contribution in [0.3, 0.4) is 0 Å². The van der Waals surface area contributed by atoms with Crippen molar-refractivity contribution in [2.24, 2.45) is 5.92 Å². The first kappa shape index (κ1) is 44.5. The van der Waals surface area contributed by atoms with Crippen molar-refractivity contribution in [3.8, 4) is 23.0 Å². The zero-order valence-electron chi connectivity index (χ0n) is 32.3. The van der Waals surface area contributed by atoms with Crippen LogP contribution >= 0.6 is 0 Å². The summed E-state index contributed by atoms with van der Waals surface area (Å²) in [7, 11) is 0. The second-order valence-corrected chi connectivity index (χ2v) is 12.9. The third-order valence-electron chi connectivity index (χ3n) is 8.40. The summed E-state index contributed by atoms with van der Waals surface area (Å²) < 4.78 is 38.2. The van der Waals surface area contributed by atoms with Gasteiger partial charge < -0.3 is 33.2 Å². The molecule has 0 N–H and O–H groups in total. The number of esters is 5. The van der Waals surface area contributed by atoms with E-state index in [-0.39, 0.29) is 40.7 Å². The molecule has 0 spiro atoms. The maximum Gasteiger partial charge on any atom is 0.343 e. The van der Waals surface area contributed by atoms with E-state index >= 15 is 0 Å². The van der Waals surface area contributed by atoms with E-state index in [1.165, 1.54) is 18.2 Å². The number of rotatable bonds is 26. The molecule has 0 aliphatic carbocycles. The van der Waals surface area contributed by atoms with Gasteiger partial charge in [0, 0.05) is 12.2 Å². The summed E-state index contributed by atoms with van der Waals surface area (Å²) in [5.74, 6) is -1.66. The minimum atomic E-state index is -0.731. The zero-order chi connectivity index (χ0) is 40.5. The Labute approximate surface area is 328 Å². The van der Waals surface area contributed by atoms with E-state index in [1.54, 1.807) is 48.5 Å². The molecule has 12 nitrogen and oxygen atoms in total. The third kappa shape index (κ3) is 16.6. The highest BCUT2D eigenvalue weighted by Gasteiger charge is 2.21. The van der Waals surface area contributed by atoms with Crippen LogP contribution in [-0.4, -0.2) is 62.9 Å². The molecule has 12 heteroatoms. The van der Waals surface area contributed by atoms with E-state index in [0.717, 1.165) is 69.9 Å². The van der Waals surface area contributed by atoms with Crippen LogP contribution in [0.2, 0.25) is 0 Å². The molecule has 300 valence electrons. The lowest BCUT2D eigenvalue weighted by Gasteiger charge is -2.14. The lowest BCUT2D eigenvalue weighted by molar-refractivity contribution is -0.138. The van der Waals surface area contributed by atoms with Crippen LogP contribution in [-0.2, 0) is 23.8 Å². The minimum Gasteiger partial charge on any atom is -0.494 e. The molecule has 3 aromatic carbocycles. The van der Waals surface area contributed by atoms with Gasteiger partial charge in [-0.1, -0.05) is 33.4 Å². The fourth-order valence-corrected chi connectivity index (χ4v) is 4.89. The number of ether oxygens (including phenoxy) is 7. The number of hydrogen-bond donors (Lipinski definition) is 0. The summed E-state index contributed by atoms with van der Waals surface area (Å²) in [6.07, 6.45) is 9.83. The Morgan fingerprint density at radius 1 is 0.554 bits per heavy atom. The molecule has 0 amide bonds. The maximum atomic E-state index is 13.2.